The first-order valence-corrected chi connectivity index (χ1v) is 3.54. The lowest BCUT2D eigenvalue weighted by Gasteiger charge is -1.64. The van der Waals surface area contributed by atoms with E-state index in [-0.39, 0.29) is 8.52 Å². The molecule has 0 saturated heterocycles. The summed E-state index contributed by atoms with van der Waals surface area (Å²) in [6.07, 6.45) is 0. The maximum absolute atomic E-state index is 11.0. The van der Waals surface area contributed by atoms with Crippen LogP contribution in [0.3, 0.4) is 0 Å². The summed E-state index contributed by atoms with van der Waals surface area (Å²) in [5.41, 5.74) is 0. The fourth-order valence-corrected chi connectivity index (χ4v) is 0.828. The fraction of sp³-hybridized carbons (Fsp3) is 0. The molecular weight excluding hydrogens is 159 g/mol. The Morgan fingerprint density at radius 1 is 1.57 bits per heavy atom. The van der Waals surface area contributed by atoms with Crippen molar-refractivity contribution in [3.8, 4) is 0 Å². The summed E-state index contributed by atoms with van der Waals surface area (Å²) in [6, 6.07) is 0. The van der Waals surface area contributed by atoms with Crippen molar-refractivity contribution in [3.63, 3.8) is 0 Å². The molecule has 0 aromatic rings. The molecule has 0 aliphatic heterocycles. The summed E-state index contributed by atoms with van der Waals surface area (Å²) in [6.45, 7) is 0. The van der Waals surface area contributed by atoms with Gasteiger partial charge in [0.15, 0.2) is 17.6 Å². The van der Waals surface area contributed by atoms with E-state index in [1.807, 2.05) is 0 Å². The quantitative estimate of drug-likeness (QED) is 0.552. The maximum atomic E-state index is 11.0. The van der Waals surface area contributed by atoms with Crippen LogP contribution in [-0.4, -0.2) is 0 Å². The number of nitrogens with zero attached hydrogens (tertiary/aromatic N) is 2. The third-order valence-electron chi connectivity index (χ3n) is 0.156. The van der Waals surface area contributed by atoms with Crippen LogP contribution in [-0.2, 0) is 0 Å². The van der Waals surface area contributed by atoms with Gasteiger partial charge in [0.05, 0.1) is 0 Å². The van der Waals surface area contributed by atoms with E-state index in [1.54, 1.807) is 0 Å². The van der Waals surface area contributed by atoms with E-state index in [0.29, 0.717) is 0 Å². The van der Waals surface area contributed by atoms with Crippen LogP contribution in [0.15, 0.2) is 9.03 Å². The van der Waals surface area contributed by atoms with Gasteiger partial charge in [0.1, 0.15) is 0 Å². The van der Waals surface area contributed by atoms with E-state index in [1.165, 1.54) is 0 Å². The minimum absolute atomic E-state index is 0.143. The van der Waals surface area contributed by atoms with E-state index >= 15 is 0 Å². The largest absolute Gasteiger partial charge is 0.235 e. The molecular formula is HF2N2P3. The van der Waals surface area contributed by atoms with Crippen molar-refractivity contribution in [3.05, 3.63) is 0 Å². The van der Waals surface area contributed by atoms with Crippen LogP contribution in [0.1, 0.15) is 0 Å². The molecule has 0 heterocycles. The van der Waals surface area contributed by atoms with Gasteiger partial charge >= 0.3 is 0 Å². The Morgan fingerprint density at radius 3 is 2.71 bits per heavy atom. The summed E-state index contributed by atoms with van der Waals surface area (Å²) in [4.78, 5) is 0. The highest BCUT2D eigenvalue weighted by molar-refractivity contribution is 7.43. The molecule has 40 valence electrons. The summed E-state index contributed by atoms with van der Waals surface area (Å²) in [5, 5.41) is 0. The molecule has 0 aliphatic rings. The van der Waals surface area contributed by atoms with Gasteiger partial charge in [0, 0.05) is 0 Å². The zero-order valence-electron chi connectivity index (χ0n) is 3.04. The fourth-order valence-electron chi connectivity index (χ4n) is 0.0520. The lowest BCUT2D eigenvalue weighted by Crippen LogP contribution is -1.12. The third-order valence-corrected chi connectivity index (χ3v) is 1.41. The van der Waals surface area contributed by atoms with Crippen LogP contribution in [0.4, 0.5) is 8.39 Å². The molecule has 0 N–H and O–H groups in total. The van der Waals surface area contributed by atoms with Gasteiger partial charge in [-0.1, -0.05) is 0 Å². The SMILES string of the molecule is F/P=N/P=N\PF. The van der Waals surface area contributed by atoms with Crippen LogP contribution in [0.5, 0.6) is 0 Å². The maximum Gasteiger partial charge on any atom is 0.235 e. The average Bonchev–Trinajstić information content (AvgIpc) is 1.69. The Bertz CT molecular complexity index is 79.0. The highest BCUT2D eigenvalue weighted by Crippen LogP contribution is 2.22. The smallest absolute Gasteiger partial charge is 0.204 e. The lowest BCUT2D eigenvalue weighted by molar-refractivity contribution is 0.919. The van der Waals surface area contributed by atoms with Gasteiger partial charge in [-0.15, -0.1) is 0 Å². The predicted molar refractivity (Wildman–Crippen MR) is 29.2 cm³/mol. The van der Waals surface area contributed by atoms with Crippen molar-refractivity contribution < 1.29 is 8.39 Å². The monoisotopic (exact) mass is 160 g/mol. The highest BCUT2D eigenvalue weighted by atomic mass is 31.1. The third kappa shape index (κ3) is 6.49. The van der Waals surface area contributed by atoms with Gasteiger partial charge in [-0.05, 0) is 0 Å². The van der Waals surface area contributed by atoms with Crippen LogP contribution in [0.25, 0.3) is 0 Å². The molecule has 7 heteroatoms. The van der Waals surface area contributed by atoms with Gasteiger partial charge in [-0.25, -0.2) is 4.20 Å². The van der Waals surface area contributed by atoms with Gasteiger partial charge in [0.2, 0.25) is 8.68 Å². The van der Waals surface area contributed by atoms with Gasteiger partial charge in [-0.3, -0.25) is 0 Å². The average molecular weight is 160 g/mol. The zero-order valence-corrected chi connectivity index (χ0v) is 5.83. The number of hydrogen-bond donors (Lipinski definition) is 0. The number of rotatable bonds is 2. The first kappa shape index (κ1) is 7.49. The first-order chi connectivity index (χ1) is 3.41. The van der Waals surface area contributed by atoms with Crippen molar-refractivity contribution >= 4 is 26.2 Å². The number of halogens is 2. The van der Waals surface area contributed by atoms with E-state index in [2.05, 4.69) is 9.03 Å². The van der Waals surface area contributed by atoms with Gasteiger partial charge in [0.25, 0.3) is 0 Å². The summed E-state index contributed by atoms with van der Waals surface area (Å²) >= 11 is 0. The lowest BCUT2D eigenvalue weighted by atomic mass is 13.9. The highest BCUT2D eigenvalue weighted by Gasteiger charge is 1.65. The normalized spacial score (nSPS) is 13.4. The minimum Gasteiger partial charge on any atom is -0.204 e. The summed E-state index contributed by atoms with van der Waals surface area (Å²) in [5.74, 6) is 0. The molecule has 0 bridgehead atoms. The topological polar surface area (TPSA) is 24.7 Å². The molecule has 2 nitrogen and oxygen atoms in total. The molecule has 0 aliphatic carbocycles. The summed E-state index contributed by atoms with van der Waals surface area (Å²) < 4.78 is 28.0. The Hall–Kier alpha value is 0.490. The van der Waals surface area contributed by atoms with Crippen molar-refractivity contribution in [2.75, 3.05) is 0 Å². The first-order valence-electron chi connectivity index (χ1n) is 1.18. The molecule has 0 spiro atoms. The van der Waals surface area contributed by atoms with Crippen LogP contribution in [0.2, 0.25) is 0 Å². The predicted octanol–water partition coefficient (Wildman–Crippen LogP) is 3.52. The van der Waals surface area contributed by atoms with Crippen molar-refractivity contribution in [2.45, 2.75) is 0 Å². The van der Waals surface area contributed by atoms with Crippen LogP contribution < -0.4 is 0 Å². The van der Waals surface area contributed by atoms with E-state index in [9.17, 15) is 8.39 Å². The Labute approximate surface area is 44.6 Å². The molecule has 0 rings (SSSR count). The summed E-state index contributed by atoms with van der Waals surface area (Å²) in [7, 11) is -1.43. The molecule has 0 saturated carbocycles. The molecule has 1 unspecified atom stereocenters. The van der Waals surface area contributed by atoms with E-state index in [4.69, 9.17) is 0 Å². The van der Waals surface area contributed by atoms with Gasteiger partial charge in [-0.2, -0.15) is 13.2 Å². The Balaban J connectivity index is 3.09. The number of hydrogen-bond acceptors (Lipinski definition) is 1. The molecule has 0 aromatic heterocycles. The molecule has 0 fully saturated rings. The van der Waals surface area contributed by atoms with E-state index in [0.717, 1.165) is 0 Å². The minimum atomic E-state index is -0.985. The zero-order chi connectivity index (χ0) is 5.54. The Kier molecular flexibility index (Phi) is 6.94. The van der Waals surface area contributed by atoms with Gasteiger partial charge < -0.3 is 0 Å². The van der Waals surface area contributed by atoms with E-state index < -0.39 is 17.7 Å². The van der Waals surface area contributed by atoms with Crippen LogP contribution in [0, 0.1) is 0 Å². The second-order valence-corrected chi connectivity index (χ2v) is 2.45. The van der Waals surface area contributed by atoms with Crippen molar-refractivity contribution in [1.82, 2.24) is 0 Å². The molecule has 0 aromatic carbocycles. The molecule has 0 amide bonds. The molecule has 0 radical (unpaired) electrons. The van der Waals surface area contributed by atoms with Crippen molar-refractivity contribution in [1.29, 1.82) is 0 Å². The molecule has 1 atom stereocenters. The molecule has 7 heavy (non-hydrogen) atoms. The van der Waals surface area contributed by atoms with Crippen LogP contribution >= 0.6 is 26.2 Å². The second kappa shape index (κ2) is 6.49. The standard InChI is InChI=1S/F2HN2P3/c1-5-3-7-4-6-2/h5H. The second-order valence-electron chi connectivity index (χ2n) is 0.439. The Morgan fingerprint density at radius 2 is 2.29 bits per heavy atom. The van der Waals surface area contributed by atoms with Crippen molar-refractivity contribution in [2.24, 2.45) is 9.03 Å².